The van der Waals surface area contributed by atoms with Gasteiger partial charge in [0.1, 0.15) is 11.6 Å². The molecule has 2 aromatic heterocycles. The first kappa shape index (κ1) is 23.8. The van der Waals surface area contributed by atoms with E-state index in [2.05, 4.69) is 31.4 Å². The summed E-state index contributed by atoms with van der Waals surface area (Å²) in [4.78, 5) is 12.4. The lowest BCUT2D eigenvalue weighted by atomic mass is 10.2. The van der Waals surface area contributed by atoms with E-state index < -0.39 is 41.3 Å². The minimum atomic E-state index is -1.78. The molecule has 0 aliphatic rings. The molecule has 0 aliphatic carbocycles. The summed E-state index contributed by atoms with van der Waals surface area (Å²) in [6, 6.07) is 6.83. The molecule has 1 N–H and O–H groups in total. The van der Waals surface area contributed by atoms with Crippen molar-refractivity contribution in [1.29, 1.82) is 0 Å². The van der Waals surface area contributed by atoms with Crippen LogP contribution in [0.15, 0.2) is 53.4 Å². The van der Waals surface area contributed by atoms with Crippen LogP contribution in [-0.2, 0) is 13.3 Å². The van der Waals surface area contributed by atoms with Gasteiger partial charge < -0.3 is 10.1 Å². The lowest BCUT2D eigenvalue weighted by molar-refractivity contribution is 0.102. The van der Waals surface area contributed by atoms with E-state index in [4.69, 9.17) is 16.3 Å². The number of carbonyl (C=O) groups is 1. The molecule has 0 aliphatic heterocycles. The first-order chi connectivity index (χ1) is 16.2. The Morgan fingerprint density at radius 2 is 1.88 bits per heavy atom. The molecule has 176 valence electrons. The fourth-order valence-corrected chi connectivity index (χ4v) is 3.63. The van der Waals surface area contributed by atoms with E-state index in [1.54, 1.807) is 18.2 Å². The molecule has 4 aromatic rings. The number of benzene rings is 2. The molecular weight excluding hydrogens is 546 g/mol. The Bertz CT molecular complexity index is 1380. The average molecular weight is 559 g/mol. The summed E-state index contributed by atoms with van der Waals surface area (Å²) in [5, 5.41) is 10.9. The van der Waals surface area contributed by atoms with E-state index in [0.29, 0.717) is 10.8 Å². The van der Waals surface area contributed by atoms with Gasteiger partial charge in [0.25, 0.3) is 5.91 Å². The predicted octanol–water partition coefficient (Wildman–Crippen LogP) is 5.39. The maximum atomic E-state index is 13.9. The normalized spacial score (nSPS) is 11.0. The number of halogens is 6. The average Bonchev–Trinajstić information content (AvgIpc) is 3.44. The van der Waals surface area contributed by atoms with Crippen molar-refractivity contribution < 1.29 is 27.1 Å². The van der Waals surface area contributed by atoms with Crippen molar-refractivity contribution in [3.8, 4) is 5.75 Å². The topological polar surface area (TPSA) is 74.0 Å². The molecule has 7 nitrogen and oxygen atoms in total. The van der Waals surface area contributed by atoms with Crippen LogP contribution in [-0.4, -0.2) is 25.5 Å². The van der Waals surface area contributed by atoms with Gasteiger partial charge in [-0.15, -0.1) is 0 Å². The molecule has 0 radical (unpaired) electrons. The molecule has 13 heteroatoms. The number of hydrogen-bond donors (Lipinski definition) is 1. The van der Waals surface area contributed by atoms with Crippen LogP contribution >= 0.6 is 27.5 Å². The van der Waals surface area contributed by atoms with Gasteiger partial charge in [-0.1, -0.05) is 27.5 Å². The van der Waals surface area contributed by atoms with Crippen LogP contribution in [0, 0.1) is 23.3 Å². The highest BCUT2D eigenvalue weighted by atomic mass is 79.9. The van der Waals surface area contributed by atoms with Crippen LogP contribution in [0.1, 0.15) is 16.1 Å². The summed E-state index contributed by atoms with van der Waals surface area (Å²) in [5.41, 5.74) is -0.443. The van der Waals surface area contributed by atoms with E-state index in [1.165, 1.54) is 29.3 Å². The zero-order chi connectivity index (χ0) is 24.4. The van der Waals surface area contributed by atoms with Crippen LogP contribution in [0.25, 0.3) is 0 Å². The number of ether oxygens (including phenoxy) is 1. The zero-order valence-corrected chi connectivity index (χ0v) is 19.2. The molecule has 1 amide bonds. The SMILES string of the molecule is O=C(Nc1cnn(Cc2c(F)cc(F)c(F)c2F)c1)c1ccn(COc2ccc(Br)cc2Cl)n1. The number of hydrogen-bond acceptors (Lipinski definition) is 4. The van der Waals surface area contributed by atoms with Crippen LogP contribution < -0.4 is 10.1 Å². The van der Waals surface area contributed by atoms with Crippen molar-refractivity contribution in [2.75, 3.05) is 5.32 Å². The van der Waals surface area contributed by atoms with Gasteiger partial charge in [0.2, 0.25) is 0 Å². The van der Waals surface area contributed by atoms with Gasteiger partial charge in [-0.25, -0.2) is 22.2 Å². The third-order valence-corrected chi connectivity index (χ3v) is 5.33. The van der Waals surface area contributed by atoms with E-state index in [9.17, 15) is 22.4 Å². The minimum Gasteiger partial charge on any atom is -0.470 e. The number of nitrogens with zero attached hydrogens (tertiary/aromatic N) is 4. The van der Waals surface area contributed by atoms with Crippen LogP contribution in [0.5, 0.6) is 5.75 Å². The zero-order valence-electron chi connectivity index (χ0n) is 16.9. The number of carbonyl (C=O) groups excluding carboxylic acids is 1. The summed E-state index contributed by atoms with van der Waals surface area (Å²) in [7, 11) is 0. The van der Waals surface area contributed by atoms with E-state index in [1.807, 2.05) is 0 Å². The van der Waals surface area contributed by atoms with Crippen molar-refractivity contribution >= 4 is 39.1 Å². The van der Waals surface area contributed by atoms with Crippen molar-refractivity contribution in [2.45, 2.75) is 13.3 Å². The lowest BCUT2D eigenvalue weighted by Gasteiger charge is -2.08. The van der Waals surface area contributed by atoms with Gasteiger partial charge in [0, 0.05) is 28.5 Å². The van der Waals surface area contributed by atoms with Crippen LogP contribution in [0.4, 0.5) is 23.2 Å². The Hall–Kier alpha value is -3.38. The quantitative estimate of drug-likeness (QED) is 0.188. The Labute approximate surface area is 203 Å². The van der Waals surface area contributed by atoms with Gasteiger partial charge in [0.15, 0.2) is 29.9 Å². The minimum absolute atomic E-state index is 0.00206. The third-order valence-electron chi connectivity index (χ3n) is 4.54. The van der Waals surface area contributed by atoms with Crippen molar-refractivity contribution in [3.63, 3.8) is 0 Å². The van der Waals surface area contributed by atoms with Crippen LogP contribution in [0.3, 0.4) is 0 Å². The van der Waals surface area contributed by atoms with Gasteiger partial charge in [-0.3, -0.25) is 9.48 Å². The van der Waals surface area contributed by atoms with Gasteiger partial charge >= 0.3 is 0 Å². The van der Waals surface area contributed by atoms with Crippen molar-refractivity contribution in [2.24, 2.45) is 0 Å². The molecule has 4 rings (SSSR count). The molecule has 2 aromatic carbocycles. The molecule has 2 heterocycles. The highest BCUT2D eigenvalue weighted by Gasteiger charge is 2.20. The van der Waals surface area contributed by atoms with Crippen LogP contribution in [0.2, 0.25) is 5.02 Å². The van der Waals surface area contributed by atoms with Gasteiger partial charge in [-0.05, 0) is 24.3 Å². The standard InChI is InChI=1S/C21H13BrClF4N5O2/c22-11-1-2-18(14(23)5-11)34-10-31-4-3-17(30-31)21(33)29-12-7-28-32(8-12)9-13-15(24)6-16(25)20(27)19(13)26/h1-8H,9-10H2,(H,29,33). The molecular formula is C21H13BrClF4N5O2. The van der Waals surface area contributed by atoms with E-state index in [0.717, 1.165) is 9.15 Å². The second-order valence-electron chi connectivity index (χ2n) is 6.92. The van der Waals surface area contributed by atoms with Crippen molar-refractivity contribution in [3.05, 3.63) is 92.9 Å². The number of amides is 1. The molecule has 0 bridgehead atoms. The Balaban J connectivity index is 1.38. The molecule has 34 heavy (non-hydrogen) atoms. The van der Waals surface area contributed by atoms with Crippen molar-refractivity contribution in [1.82, 2.24) is 19.6 Å². The maximum absolute atomic E-state index is 13.9. The number of anilines is 1. The summed E-state index contributed by atoms with van der Waals surface area (Å²) in [6.45, 7) is -0.521. The second kappa shape index (κ2) is 9.85. The maximum Gasteiger partial charge on any atom is 0.276 e. The lowest BCUT2D eigenvalue weighted by Crippen LogP contribution is -2.14. The summed E-state index contributed by atoms with van der Waals surface area (Å²) >= 11 is 9.39. The van der Waals surface area contributed by atoms with E-state index in [-0.39, 0.29) is 24.2 Å². The monoisotopic (exact) mass is 557 g/mol. The second-order valence-corrected chi connectivity index (χ2v) is 8.24. The molecule has 0 saturated heterocycles. The number of aromatic nitrogens is 4. The number of nitrogens with one attached hydrogen (secondary N) is 1. The Kier molecular flexibility index (Phi) is 6.89. The van der Waals surface area contributed by atoms with E-state index >= 15 is 0 Å². The predicted molar refractivity (Wildman–Crippen MR) is 118 cm³/mol. The highest BCUT2D eigenvalue weighted by Crippen LogP contribution is 2.28. The fourth-order valence-electron chi connectivity index (χ4n) is 2.90. The molecule has 0 fully saturated rings. The molecule has 0 atom stereocenters. The summed E-state index contributed by atoms with van der Waals surface area (Å²) < 4.78 is 63.0. The van der Waals surface area contributed by atoms with Gasteiger partial charge in [-0.2, -0.15) is 10.2 Å². The largest absolute Gasteiger partial charge is 0.470 e. The van der Waals surface area contributed by atoms with Gasteiger partial charge in [0.05, 0.1) is 23.5 Å². The highest BCUT2D eigenvalue weighted by molar-refractivity contribution is 9.10. The third kappa shape index (κ3) is 5.23. The number of rotatable bonds is 7. The Morgan fingerprint density at radius 3 is 2.65 bits per heavy atom. The summed E-state index contributed by atoms with van der Waals surface area (Å²) in [5.74, 6) is -6.45. The smallest absolute Gasteiger partial charge is 0.276 e. The Morgan fingerprint density at radius 1 is 1.09 bits per heavy atom. The molecule has 0 spiro atoms. The molecule has 0 unspecified atom stereocenters. The molecule has 0 saturated carbocycles. The first-order valence-electron chi connectivity index (χ1n) is 9.48. The summed E-state index contributed by atoms with van der Waals surface area (Å²) in [6.07, 6.45) is 4.02. The first-order valence-corrected chi connectivity index (χ1v) is 10.7. The fraction of sp³-hybridized carbons (Fsp3) is 0.0952.